The predicted octanol–water partition coefficient (Wildman–Crippen LogP) is 2.76. The van der Waals surface area contributed by atoms with E-state index < -0.39 is 0 Å². The highest BCUT2D eigenvalue weighted by Gasteiger charge is 2.13. The highest BCUT2D eigenvalue weighted by atomic mass is 79.9. The molecule has 0 aliphatic heterocycles. The molecule has 0 saturated heterocycles. The average Bonchev–Trinajstić information content (AvgIpc) is 3.06. The topological polar surface area (TPSA) is 104 Å². The van der Waals surface area contributed by atoms with E-state index in [2.05, 4.69) is 36.1 Å². The fourth-order valence-corrected chi connectivity index (χ4v) is 2.44. The number of thioether (sulfide) groups is 1. The van der Waals surface area contributed by atoms with E-state index in [-0.39, 0.29) is 0 Å². The summed E-state index contributed by atoms with van der Waals surface area (Å²) in [5.41, 5.74) is 5.70. The molecule has 7 nitrogen and oxygen atoms in total. The van der Waals surface area contributed by atoms with Crippen LogP contribution in [0.1, 0.15) is 5.89 Å². The van der Waals surface area contributed by atoms with E-state index in [1.165, 1.54) is 11.8 Å². The Morgan fingerprint density at radius 3 is 2.75 bits per heavy atom. The van der Waals surface area contributed by atoms with Gasteiger partial charge >= 0.3 is 0 Å². The van der Waals surface area contributed by atoms with Crippen molar-refractivity contribution in [2.24, 2.45) is 0 Å². The molecule has 0 radical (unpaired) electrons. The molecular weight excluding hydrogens is 346 g/mol. The Bertz CT molecular complexity index is 729. The zero-order chi connectivity index (χ0) is 13.9. The highest BCUT2D eigenvalue weighted by molar-refractivity contribution is 9.10. The molecule has 3 aromatic rings. The first kappa shape index (κ1) is 13.1. The van der Waals surface area contributed by atoms with E-state index >= 15 is 0 Å². The van der Waals surface area contributed by atoms with Crippen LogP contribution >= 0.6 is 27.7 Å². The van der Waals surface area contributed by atoms with Gasteiger partial charge in [0.15, 0.2) is 16.2 Å². The normalized spacial score (nSPS) is 10.8. The molecule has 2 N–H and O–H groups in total. The number of rotatable bonds is 4. The van der Waals surface area contributed by atoms with Crippen LogP contribution in [-0.2, 0) is 5.75 Å². The van der Waals surface area contributed by atoms with E-state index in [0.717, 1.165) is 0 Å². The number of anilines is 1. The summed E-state index contributed by atoms with van der Waals surface area (Å²) in [5.74, 6) is 2.14. The molecule has 0 unspecified atom stereocenters. The van der Waals surface area contributed by atoms with Gasteiger partial charge in [-0.2, -0.15) is 0 Å². The number of hydrogen-bond acceptors (Lipinski definition) is 8. The van der Waals surface area contributed by atoms with Gasteiger partial charge in [0.2, 0.25) is 5.89 Å². The summed E-state index contributed by atoms with van der Waals surface area (Å²) < 4.78 is 11.4. The summed E-state index contributed by atoms with van der Waals surface area (Å²) >= 11 is 4.59. The van der Waals surface area contributed by atoms with E-state index in [1.54, 1.807) is 24.5 Å². The van der Waals surface area contributed by atoms with Crippen LogP contribution in [0.15, 0.2) is 43.1 Å². The SMILES string of the molecule is Nc1nccnc1SCc1nnc(-c2ccc(Br)o2)o1. The summed E-state index contributed by atoms with van der Waals surface area (Å²) in [4.78, 5) is 8.08. The van der Waals surface area contributed by atoms with E-state index in [1.807, 2.05) is 0 Å². The van der Waals surface area contributed by atoms with Gasteiger partial charge in [0.1, 0.15) is 5.03 Å². The zero-order valence-electron chi connectivity index (χ0n) is 9.99. The molecule has 20 heavy (non-hydrogen) atoms. The Kier molecular flexibility index (Phi) is 3.70. The minimum absolute atomic E-state index is 0.332. The second-order valence-electron chi connectivity index (χ2n) is 3.64. The van der Waals surface area contributed by atoms with Crippen molar-refractivity contribution in [2.75, 3.05) is 5.73 Å². The molecule has 0 saturated carbocycles. The van der Waals surface area contributed by atoms with Crippen LogP contribution in [0, 0.1) is 0 Å². The van der Waals surface area contributed by atoms with Gasteiger partial charge in [-0.25, -0.2) is 9.97 Å². The molecule has 0 bridgehead atoms. The van der Waals surface area contributed by atoms with Gasteiger partial charge < -0.3 is 14.6 Å². The number of nitrogens with zero attached hydrogens (tertiary/aromatic N) is 4. The number of hydrogen-bond donors (Lipinski definition) is 1. The van der Waals surface area contributed by atoms with Crippen molar-refractivity contribution in [3.8, 4) is 11.7 Å². The van der Waals surface area contributed by atoms with Crippen LogP contribution in [-0.4, -0.2) is 20.2 Å². The van der Waals surface area contributed by atoms with Gasteiger partial charge in [-0.1, -0.05) is 11.8 Å². The number of furan rings is 1. The standard InChI is InChI=1S/C11H8BrN5O2S/c12-7-2-1-6(18-7)10-17-16-8(19-10)5-20-11-9(13)14-3-4-15-11/h1-4H,5H2,(H2,13,14). The number of nitrogen functional groups attached to an aromatic ring is 1. The van der Waals surface area contributed by atoms with Crippen molar-refractivity contribution < 1.29 is 8.83 Å². The van der Waals surface area contributed by atoms with Gasteiger partial charge in [0, 0.05) is 12.4 Å². The fourth-order valence-electron chi connectivity index (χ4n) is 1.42. The molecule has 3 heterocycles. The maximum atomic E-state index is 5.70. The van der Waals surface area contributed by atoms with Crippen LogP contribution in [0.25, 0.3) is 11.7 Å². The minimum Gasteiger partial charge on any atom is -0.444 e. The molecule has 0 atom stereocenters. The molecule has 3 rings (SSSR count). The molecular formula is C11H8BrN5O2S. The lowest BCUT2D eigenvalue weighted by molar-refractivity contribution is 0.486. The molecule has 0 aliphatic rings. The average molecular weight is 354 g/mol. The smallest absolute Gasteiger partial charge is 0.283 e. The van der Waals surface area contributed by atoms with Crippen LogP contribution < -0.4 is 5.73 Å². The fraction of sp³-hybridized carbons (Fsp3) is 0.0909. The number of nitrogens with two attached hydrogens (primary N) is 1. The van der Waals surface area contributed by atoms with Crippen molar-refractivity contribution >= 4 is 33.5 Å². The molecule has 3 aromatic heterocycles. The summed E-state index contributed by atoms with van der Waals surface area (Å²) in [6, 6.07) is 3.50. The van der Waals surface area contributed by atoms with Gasteiger partial charge in [0.25, 0.3) is 5.89 Å². The Morgan fingerprint density at radius 1 is 1.15 bits per heavy atom. The summed E-state index contributed by atoms with van der Waals surface area (Å²) in [7, 11) is 0. The van der Waals surface area contributed by atoms with Gasteiger partial charge in [0.05, 0.1) is 5.75 Å². The Balaban J connectivity index is 1.70. The monoisotopic (exact) mass is 353 g/mol. The predicted molar refractivity (Wildman–Crippen MR) is 75.7 cm³/mol. The lowest BCUT2D eigenvalue weighted by Gasteiger charge is -1.99. The van der Waals surface area contributed by atoms with Gasteiger partial charge in [-0.3, -0.25) is 0 Å². The largest absolute Gasteiger partial charge is 0.444 e. The van der Waals surface area contributed by atoms with Crippen molar-refractivity contribution in [3.63, 3.8) is 0 Å². The maximum absolute atomic E-state index is 5.70. The quantitative estimate of drug-likeness (QED) is 0.713. The molecule has 0 spiro atoms. The van der Waals surface area contributed by atoms with Crippen molar-refractivity contribution in [3.05, 3.63) is 35.1 Å². The van der Waals surface area contributed by atoms with Gasteiger partial charge in [-0.05, 0) is 28.1 Å². The molecule has 0 amide bonds. The maximum Gasteiger partial charge on any atom is 0.283 e. The van der Waals surface area contributed by atoms with Crippen LogP contribution in [0.5, 0.6) is 0 Å². The Hall–Kier alpha value is -1.87. The Morgan fingerprint density at radius 2 is 2.00 bits per heavy atom. The summed E-state index contributed by atoms with van der Waals surface area (Å²) in [6.45, 7) is 0. The summed E-state index contributed by atoms with van der Waals surface area (Å²) in [5, 5.41) is 8.50. The lowest BCUT2D eigenvalue weighted by atomic mass is 10.5. The molecule has 0 aliphatic carbocycles. The van der Waals surface area contributed by atoms with Crippen LogP contribution in [0.3, 0.4) is 0 Å². The minimum atomic E-state index is 0.332. The third kappa shape index (κ3) is 2.83. The number of aromatic nitrogens is 4. The first-order chi connectivity index (χ1) is 9.72. The van der Waals surface area contributed by atoms with Crippen molar-refractivity contribution in [1.29, 1.82) is 0 Å². The lowest BCUT2D eigenvalue weighted by Crippen LogP contribution is -1.94. The van der Waals surface area contributed by atoms with E-state index in [9.17, 15) is 0 Å². The van der Waals surface area contributed by atoms with Crippen molar-refractivity contribution in [2.45, 2.75) is 10.8 Å². The molecule has 102 valence electrons. The second-order valence-corrected chi connectivity index (χ2v) is 5.39. The molecule has 0 fully saturated rings. The summed E-state index contributed by atoms with van der Waals surface area (Å²) in [6.07, 6.45) is 3.12. The Labute approximate surface area is 126 Å². The molecule has 0 aromatic carbocycles. The third-order valence-corrected chi connectivity index (χ3v) is 3.68. The number of halogens is 1. The second kappa shape index (κ2) is 5.63. The van der Waals surface area contributed by atoms with Crippen LogP contribution in [0.4, 0.5) is 5.82 Å². The van der Waals surface area contributed by atoms with E-state index in [4.69, 9.17) is 14.6 Å². The first-order valence-corrected chi connectivity index (χ1v) is 7.27. The third-order valence-electron chi connectivity index (χ3n) is 2.27. The molecule has 9 heteroatoms. The van der Waals surface area contributed by atoms with Gasteiger partial charge in [-0.15, -0.1) is 10.2 Å². The zero-order valence-corrected chi connectivity index (χ0v) is 12.4. The van der Waals surface area contributed by atoms with Crippen LogP contribution in [0.2, 0.25) is 0 Å². The first-order valence-electron chi connectivity index (χ1n) is 5.50. The highest BCUT2D eigenvalue weighted by Crippen LogP contribution is 2.27. The van der Waals surface area contributed by atoms with Crippen molar-refractivity contribution in [1.82, 2.24) is 20.2 Å². The van der Waals surface area contributed by atoms with E-state index in [0.29, 0.717) is 38.8 Å².